The summed E-state index contributed by atoms with van der Waals surface area (Å²) in [6, 6.07) is 10.4. The highest BCUT2D eigenvalue weighted by molar-refractivity contribution is 6.03. The van der Waals surface area contributed by atoms with Gasteiger partial charge in [-0.05, 0) is 28.5 Å². The van der Waals surface area contributed by atoms with Crippen LogP contribution in [0.25, 0.3) is 10.8 Å². The largest absolute Gasteiger partial charge is 0.478 e. The van der Waals surface area contributed by atoms with Crippen molar-refractivity contribution in [2.24, 2.45) is 0 Å². The number of carboxylic acid groups (broad SMARTS) is 1. The van der Waals surface area contributed by atoms with Crippen molar-refractivity contribution in [2.75, 3.05) is 0 Å². The van der Waals surface area contributed by atoms with Crippen LogP contribution in [0, 0.1) is 0 Å². The number of hydrogen-bond acceptors (Lipinski definition) is 2. The van der Waals surface area contributed by atoms with Crippen LogP contribution >= 0.6 is 0 Å². The van der Waals surface area contributed by atoms with Gasteiger partial charge >= 0.3 is 5.97 Å². The molecule has 0 amide bonds. The van der Waals surface area contributed by atoms with E-state index in [9.17, 15) is 4.79 Å². The van der Waals surface area contributed by atoms with Crippen LogP contribution in [0.3, 0.4) is 0 Å². The van der Waals surface area contributed by atoms with Gasteiger partial charge < -0.3 is 10.2 Å². The number of fused-ring (bicyclic) bond motifs is 1. The van der Waals surface area contributed by atoms with Crippen LogP contribution in [-0.4, -0.2) is 16.2 Å². The number of aliphatic hydroxyl groups excluding tert-OH is 1. The van der Waals surface area contributed by atoms with Gasteiger partial charge in [0.25, 0.3) is 0 Å². The Labute approximate surface area is 86.6 Å². The van der Waals surface area contributed by atoms with Crippen molar-refractivity contribution in [1.82, 2.24) is 0 Å². The molecule has 2 aromatic carbocycles. The average Bonchev–Trinajstić information content (AvgIpc) is 2.27. The van der Waals surface area contributed by atoms with Crippen LogP contribution < -0.4 is 0 Å². The van der Waals surface area contributed by atoms with Gasteiger partial charge in [-0.25, -0.2) is 4.79 Å². The summed E-state index contributed by atoms with van der Waals surface area (Å²) in [5, 5.41) is 19.5. The molecule has 0 aliphatic carbocycles. The summed E-state index contributed by atoms with van der Waals surface area (Å²) in [5.41, 5.74) is 0.985. The molecule has 0 aliphatic rings. The fourth-order valence-corrected chi connectivity index (χ4v) is 1.60. The van der Waals surface area contributed by atoms with Gasteiger partial charge in [0.2, 0.25) is 0 Å². The van der Waals surface area contributed by atoms with E-state index in [1.807, 2.05) is 12.1 Å². The molecule has 0 saturated heterocycles. The molecule has 0 saturated carbocycles. The molecule has 0 atom stereocenters. The molecule has 0 radical (unpaired) electrons. The van der Waals surface area contributed by atoms with Gasteiger partial charge in [-0.2, -0.15) is 0 Å². The minimum absolute atomic E-state index is 0.0795. The van der Waals surface area contributed by atoms with E-state index in [1.165, 1.54) is 0 Å². The Morgan fingerprint density at radius 3 is 2.67 bits per heavy atom. The first-order valence-corrected chi connectivity index (χ1v) is 4.58. The molecular weight excluding hydrogens is 192 g/mol. The van der Waals surface area contributed by atoms with E-state index in [0.29, 0.717) is 5.39 Å². The lowest BCUT2D eigenvalue weighted by Gasteiger charge is -2.04. The van der Waals surface area contributed by atoms with Crippen molar-refractivity contribution in [1.29, 1.82) is 0 Å². The molecule has 0 heterocycles. The van der Waals surface area contributed by atoms with Gasteiger partial charge in [0.15, 0.2) is 0 Å². The zero-order chi connectivity index (χ0) is 10.8. The Bertz CT molecular complexity index is 517. The minimum Gasteiger partial charge on any atom is -0.478 e. The first-order chi connectivity index (χ1) is 7.22. The van der Waals surface area contributed by atoms with E-state index in [1.54, 1.807) is 24.3 Å². The lowest BCUT2D eigenvalue weighted by atomic mass is 10.0. The molecule has 0 aliphatic heterocycles. The summed E-state index contributed by atoms with van der Waals surface area (Å²) in [6.45, 7) is -0.0795. The second kappa shape index (κ2) is 3.71. The maximum absolute atomic E-state index is 11.0. The molecule has 0 spiro atoms. The highest BCUT2D eigenvalue weighted by atomic mass is 16.4. The molecule has 0 aromatic heterocycles. The Morgan fingerprint density at radius 1 is 1.20 bits per heavy atom. The number of hydrogen-bond donors (Lipinski definition) is 2. The van der Waals surface area contributed by atoms with Crippen molar-refractivity contribution in [2.45, 2.75) is 6.61 Å². The second-order valence-electron chi connectivity index (χ2n) is 3.32. The Balaban J connectivity index is 2.76. The molecule has 76 valence electrons. The minimum atomic E-state index is -0.948. The molecule has 15 heavy (non-hydrogen) atoms. The summed E-state index contributed by atoms with van der Waals surface area (Å²) in [5.74, 6) is -0.948. The first kappa shape index (κ1) is 9.68. The van der Waals surface area contributed by atoms with Crippen molar-refractivity contribution < 1.29 is 15.0 Å². The van der Waals surface area contributed by atoms with Gasteiger partial charge in [0.1, 0.15) is 0 Å². The summed E-state index contributed by atoms with van der Waals surface area (Å²) in [7, 11) is 0. The summed E-state index contributed by atoms with van der Waals surface area (Å²) in [4.78, 5) is 11.0. The van der Waals surface area contributed by atoms with Crippen LogP contribution in [0.4, 0.5) is 0 Å². The average molecular weight is 202 g/mol. The molecule has 2 rings (SSSR count). The number of aromatic carboxylic acids is 1. The molecule has 0 unspecified atom stereocenters. The van der Waals surface area contributed by atoms with Crippen LogP contribution in [-0.2, 0) is 6.61 Å². The van der Waals surface area contributed by atoms with Gasteiger partial charge in [0, 0.05) is 0 Å². The number of aliphatic hydroxyl groups is 1. The van der Waals surface area contributed by atoms with Gasteiger partial charge in [0.05, 0.1) is 12.2 Å². The molecule has 2 N–H and O–H groups in total. The fraction of sp³-hybridized carbons (Fsp3) is 0.0833. The van der Waals surface area contributed by atoms with Crippen LogP contribution in [0.1, 0.15) is 15.9 Å². The van der Waals surface area contributed by atoms with Gasteiger partial charge in [-0.3, -0.25) is 0 Å². The maximum atomic E-state index is 11.0. The molecule has 0 fully saturated rings. The molecule has 3 heteroatoms. The number of carboxylic acids is 1. The van der Waals surface area contributed by atoms with E-state index >= 15 is 0 Å². The van der Waals surface area contributed by atoms with E-state index in [4.69, 9.17) is 10.2 Å². The third-order valence-corrected chi connectivity index (χ3v) is 2.36. The smallest absolute Gasteiger partial charge is 0.336 e. The Kier molecular flexibility index (Phi) is 2.39. The fourth-order valence-electron chi connectivity index (χ4n) is 1.60. The number of benzene rings is 2. The Morgan fingerprint density at radius 2 is 2.00 bits per heavy atom. The highest BCUT2D eigenvalue weighted by Crippen LogP contribution is 2.20. The standard InChI is InChI=1S/C12H10O3/c13-7-8-4-5-9-2-1-3-10(12(14)15)11(9)6-8/h1-6,13H,7H2,(H,14,15). The number of carbonyl (C=O) groups is 1. The monoisotopic (exact) mass is 202 g/mol. The van der Waals surface area contributed by atoms with Crippen molar-refractivity contribution in [3.63, 3.8) is 0 Å². The number of rotatable bonds is 2. The summed E-state index contributed by atoms with van der Waals surface area (Å²) in [6.07, 6.45) is 0. The highest BCUT2D eigenvalue weighted by Gasteiger charge is 2.07. The normalized spacial score (nSPS) is 10.5. The van der Waals surface area contributed by atoms with E-state index in [2.05, 4.69) is 0 Å². The molecule has 0 bridgehead atoms. The van der Waals surface area contributed by atoms with Gasteiger partial charge in [-0.15, -0.1) is 0 Å². The van der Waals surface area contributed by atoms with Crippen LogP contribution in [0.2, 0.25) is 0 Å². The molecule has 2 aromatic rings. The van der Waals surface area contributed by atoms with Crippen molar-refractivity contribution in [3.05, 3.63) is 47.5 Å². The van der Waals surface area contributed by atoms with E-state index < -0.39 is 5.97 Å². The topological polar surface area (TPSA) is 57.5 Å². The zero-order valence-electron chi connectivity index (χ0n) is 7.97. The van der Waals surface area contributed by atoms with Crippen LogP contribution in [0.5, 0.6) is 0 Å². The first-order valence-electron chi connectivity index (χ1n) is 4.58. The third kappa shape index (κ3) is 1.69. The maximum Gasteiger partial charge on any atom is 0.336 e. The predicted molar refractivity (Wildman–Crippen MR) is 56.8 cm³/mol. The summed E-state index contributed by atoms with van der Waals surface area (Å²) >= 11 is 0. The molecular formula is C12H10O3. The van der Waals surface area contributed by atoms with E-state index in [-0.39, 0.29) is 12.2 Å². The van der Waals surface area contributed by atoms with Crippen molar-refractivity contribution >= 4 is 16.7 Å². The predicted octanol–water partition coefficient (Wildman–Crippen LogP) is 2.03. The van der Waals surface area contributed by atoms with Crippen molar-refractivity contribution in [3.8, 4) is 0 Å². The van der Waals surface area contributed by atoms with Gasteiger partial charge in [-0.1, -0.05) is 24.3 Å². The Hall–Kier alpha value is -1.87. The SMILES string of the molecule is O=C(O)c1cccc2ccc(CO)cc12. The summed E-state index contributed by atoms with van der Waals surface area (Å²) < 4.78 is 0. The molecule has 3 nitrogen and oxygen atoms in total. The zero-order valence-corrected chi connectivity index (χ0v) is 7.97. The quantitative estimate of drug-likeness (QED) is 0.783. The lowest BCUT2D eigenvalue weighted by Crippen LogP contribution is -1.97. The van der Waals surface area contributed by atoms with E-state index in [0.717, 1.165) is 10.9 Å². The lowest BCUT2D eigenvalue weighted by molar-refractivity contribution is 0.0699. The third-order valence-electron chi connectivity index (χ3n) is 2.36. The second-order valence-corrected chi connectivity index (χ2v) is 3.32. The van der Waals surface area contributed by atoms with Crippen LogP contribution in [0.15, 0.2) is 36.4 Å².